The fourth-order valence-electron chi connectivity index (χ4n) is 2.00. The van der Waals surface area contributed by atoms with E-state index in [4.69, 9.17) is 9.47 Å². The first-order chi connectivity index (χ1) is 9.29. The Balaban J connectivity index is 1.73. The Morgan fingerprint density at radius 2 is 2.05 bits per heavy atom. The van der Waals surface area contributed by atoms with Gasteiger partial charge in [0.2, 0.25) is 0 Å². The molecule has 0 amide bonds. The molecule has 1 aliphatic rings. The van der Waals surface area contributed by atoms with Crippen LogP contribution in [0.25, 0.3) is 0 Å². The molecule has 0 radical (unpaired) electrons. The van der Waals surface area contributed by atoms with Crippen LogP contribution in [0.3, 0.4) is 0 Å². The molecule has 0 bridgehead atoms. The fourth-order valence-corrected chi connectivity index (χ4v) is 2.00. The highest BCUT2D eigenvalue weighted by atomic mass is 16.5. The monoisotopic (exact) mass is 263 g/mol. The molecular weight excluding hydrogens is 242 g/mol. The van der Waals surface area contributed by atoms with Crippen LogP contribution in [0.4, 0.5) is 0 Å². The minimum Gasteiger partial charge on any atom is -0.492 e. The van der Waals surface area contributed by atoms with Crippen LogP contribution in [-0.2, 0) is 9.53 Å². The molecule has 0 spiro atoms. The summed E-state index contributed by atoms with van der Waals surface area (Å²) in [5.41, 5.74) is 0. The van der Waals surface area contributed by atoms with E-state index in [9.17, 15) is 4.79 Å². The minimum atomic E-state index is -0.144. The van der Waals surface area contributed by atoms with Crippen LogP contribution in [0.2, 0.25) is 0 Å². The number of para-hydroxylation sites is 1. The van der Waals surface area contributed by atoms with Gasteiger partial charge < -0.3 is 9.47 Å². The van der Waals surface area contributed by atoms with E-state index < -0.39 is 0 Å². The van der Waals surface area contributed by atoms with E-state index >= 15 is 0 Å². The van der Waals surface area contributed by atoms with E-state index in [-0.39, 0.29) is 5.97 Å². The van der Waals surface area contributed by atoms with Crippen molar-refractivity contribution in [1.82, 2.24) is 4.90 Å². The van der Waals surface area contributed by atoms with Crippen molar-refractivity contribution in [2.24, 2.45) is 0 Å². The Labute approximate surface area is 114 Å². The molecule has 1 aromatic rings. The average Bonchev–Trinajstić information content (AvgIpc) is 3.23. The molecule has 4 heteroatoms. The Hall–Kier alpha value is -1.55. The van der Waals surface area contributed by atoms with Crippen molar-refractivity contribution >= 4 is 5.97 Å². The summed E-state index contributed by atoms with van der Waals surface area (Å²) >= 11 is 0. The quantitative estimate of drug-likeness (QED) is 0.673. The van der Waals surface area contributed by atoms with E-state index in [0.717, 1.165) is 12.3 Å². The van der Waals surface area contributed by atoms with Gasteiger partial charge in [-0.05, 0) is 31.9 Å². The molecule has 0 unspecified atom stereocenters. The van der Waals surface area contributed by atoms with Crippen molar-refractivity contribution in [3.8, 4) is 5.75 Å². The van der Waals surface area contributed by atoms with Gasteiger partial charge in [0.15, 0.2) is 0 Å². The number of ether oxygens (including phenoxy) is 2. The van der Waals surface area contributed by atoms with E-state index in [1.54, 1.807) is 0 Å². The topological polar surface area (TPSA) is 38.8 Å². The van der Waals surface area contributed by atoms with Gasteiger partial charge in [-0.1, -0.05) is 18.2 Å². The summed E-state index contributed by atoms with van der Waals surface area (Å²) < 4.78 is 10.7. The summed E-state index contributed by atoms with van der Waals surface area (Å²) in [4.78, 5) is 13.7. The van der Waals surface area contributed by atoms with E-state index in [2.05, 4.69) is 4.90 Å². The van der Waals surface area contributed by atoms with Crippen LogP contribution in [0.15, 0.2) is 30.3 Å². The van der Waals surface area contributed by atoms with Crippen molar-refractivity contribution < 1.29 is 14.3 Å². The predicted molar refractivity (Wildman–Crippen MR) is 73.2 cm³/mol. The molecule has 0 N–H and O–H groups in total. The van der Waals surface area contributed by atoms with Crippen LogP contribution in [0.1, 0.15) is 19.8 Å². The molecule has 1 fully saturated rings. The molecule has 2 rings (SSSR count). The van der Waals surface area contributed by atoms with Gasteiger partial charge in [-0.3, -0.25) is 9.69 Å². The van der Waals surface area contributed by atoms with Gasteiger partial charge >= 0.3 is 5.97 Å². The number of esters is 1. The lowest BCUT2D eigenvalue weighted by Crippen LogP contribution is -2.36. The fraction of sp³-hybridized carbons (Fsp3) is 0.533. The molecule has 0 aromatic heterocycles. The van der Waals surface area contributed by atoms with Crippen molar-refractivity contribution in [2.75, 3.05) is 26.3 Å². The third kappa shape index (κ3) is 4.91. The van der Waals surface area contributed by atoms with Crippen molar-refractivity contribution in [2.45, 2.75) is 25.8 Å². The maximum absolute atomic E-state index is 11.5. The minimum absolute atomic E-state index is 0.144. The average molecular weight is 263 g/mol. The molecule has 4 nitrogen and oxygen atoms in total. The number of carbonyl (C=O) groups excluding carboxylic acids is 1. The predicted octanol–water partition coefficient (Wildman–Crippen LogP) is 2.09. The van der Waals surface area contributed by atoms with E-state index in [1.165, 1.54) is 12.8 Å². The number of hydrogen-bond donors (Lipinski definition) is 0. The standard InChI is InChI=1S/C15H21NO3/c1-2-18-15(17)12-16(13-8-9-13)10-11-19-14-6-4-3-5-7-14/h3-7,13H,2,8-12H2,1H3. The molecule has 0 saturated heterocycles. The molecule has 0 heterocycles. The smallest absolute Gasteiger partial charge is 0.320 e. The first-order valence-corrected chi connectivity index (χ1v) is 6.87. The van der Waals surface area contributed by atoms with Gasteiger partial charge in [-0.25, -0.2) is 0 Å². The summed E-state index contributed by atoms with van der Waals surface area (Å²) in [7, 11) is 0. The highest BCUT2D eigenvalue weighted by molar-refractivity contribution is 5.71. The van der Waals surface area contributed by atoms with Crippen molar-refractivity contribution in [3.63, 3.8) is 0 Å². The number of rotatable bonds is 8. The molecule has 1 aromatic carbocycles. The first kappa shape index (κ1) is 13.9. The summed E-state index contributed by atoms with van der Waals surface area (Å²) in [6.45, 7) is 4.00. The second kappa shape index (κ2) is 7.14. The summed E-state index contributed by atoms with van der Waals surface area (Å²) in [5, 5.41) is 0. The Morgan fingerprint density at radius 3 is 2.68 bits per heavy atom. The van der Waals surface area contributed by atoms with Crippen LogP contribution < -0.4 is 4.74 Å². The number of carbonyl (C=O) groups is 1. The molecular formula is C15H21NO3. The van der Waals surface area contributed by atoms with Crippen LogP contribution >= 0.6 is 0 Å². The summed E-state index contributed by atoms with van der Waals surface area (Å²) in [5.74, 6) is 0.725. The Morgan fingerprint density at radius 1 is 1.32 bits per heavy atom. The van der Waals surface area contributed by atoms with Gasteiger partial charge in [-0.15, -0.1) is 0 Å². The summed E-state index contributed by atoms with van der Waals surface area (Å²) in [6.07, 6.45) is 2.34. The van der Waals surface area contributed by atoms with Crippen LogP contribution in [0, 0.1) is 0 Å². The lowest BCUT2D eigenvalue weighted by atomic mass is 10.3. The molecule has 19 heavy (non-hydrogen) atoms. The van der Waals surface area contributed by atoms with Crippen molar-refractivity contribution in [1.29, 1.82) is 0 Å². The summed E-state index contributed by atoms with van der Waals surface area (Å²) in [6, 6.07) is 10.3. The third-order valence-corrected chi connectivity index (χ3v) is 3.09. The Bertz CT molecular complexity index is 390. The Kier molecular flexibility index (Phi) is 5.21. The van der Waals surface area contributed by atoms with Gasteiger partial charge in [-0.2, -0.15) is 0 Å². The van der Waals surface area contributed by atoms with E-state index in [1.807, 2.05) is 37.3 Å². The number of hydrogen-bond acceptors (Lipinski definition) is 4. The molecule has 0 atom stereocenters. The molecule has 1 saturated carbocycles. The lowest BCUT2D eigenvalue weighted by molar-refractivity contribution is -0.144. The van der Waals surface area contributed by atoms with Gasteiger partial charge in [0.05, 0.1) is 13.2 Å². The molecule has 104 valence electrons. The highest BCUT2D eigenvalue weighted by Gasteiger charge is 2.30. The van der Waals surface area contributed by atoms with E-state index in [0.29, 0.717) is 25.8 Å². The molecule has 0 aliphatic heterocycles. The molecule has 1 aliphatic carbocycles. The number of benzene rings is 1. The maximum Gasteiger partial charge on any atom is 0.320 e. The lowest BCUT2D eigenvalue weighted by Gasteiger charge is -2.20. The zero-order chi connectivity index (χ0) is 13.5. The second-order valence-corrected chi connectivity index (χ2v) is 4.67. The maximum atomic E-state index is 11.5. The van der Waals surface area contributed by atoms with Gasteiger partial charge in [0.25, 0.3) is 0 Å². The zero-order valence-corrected chi connectivity index (χ0v) is 11.4. The zero-order valence-electron chi connectivity index (χ0n) is 11.4. The first-order valence-electron chi connectivity index (χ1n) is 6.87. The van der Waals surface area contributed by atoms with Crippen molar-refractivity contribution in [3.05, 3.63) is 30.3 Å². The third-order valence-electron chi connectivity index (χ3n) is 3.09. The van der Waals surface area contributed by atoms with Crippen LogP contribution in [0.5, 0.6) is 5.75 Å². The highest BCUT2D eigenvalue weighted by Crippen LogP contribution is 2.26. The van der Waals surface area contributed by atoms with Gasteiger partial charge in [0, 0.05) is 12.6 Å². The largest absolute Gasteiger partial charge is 0.492 e. The normalized spacial score (nSPS) is 14.4. The van der Waals surface area contributed by atoms with Crippen LogP contribution in [-0.4, -0.2) is 43.2 Å². The van der Waals surface area contributed by atoms with Gasteiger partial charge in [0.1, 0.15) is 12.4 Å². The number of nitrogens with zero attached hydrogens (tertiary/aromatic N) is 1. The SMILES string of the molecule is CCOC(=O)CN(CCOc1ccccc1)C1CC1. The second-order valence-electron chi connectivity index (χ2n) is 4.67.